The van der Waals surface area contributed by atoms with Gasteiger partial charge in [0.2, 0.25) is 11.9 Å². The maximum atomic E-state index is 13.1. The number of carbonyl (C=O) groups excluding carboxylic acids is 1. The summed E-state index contributed by atoms with van der Waals surface area (Å²) in [7, 11) is 0. The quantitative estimate of drug-likeness (QED) is 0.522. The Labute approximate surface area is 188 Å². The number of anilines is 2. The van der Waals surface area contributed by atoms with Crippen molar-refractivity contribution in [2.45, 2.75) is 43.3 Å². The largest absolute Gasteiger partial charge is 0.341 e. The molecular formula is C21H23FN6OS2. The predicted molar refractivity (Wildman–Crippen MR) is 121 cm³/mol. The molecule has 0 bridgehead atoms. The molecule has 162 valence electrons. The van der Waals surface area contributed by atoms with Crippen LogP contribution in [0.1, 0.15) is 38.1 Å². The lowest BCUT2D eigenvalue weighted by Gasteiger charge is -2.27. The molecule has 1 amide bonds. The first-order valence-electron chi connectivity index (χ1n) is 10.5. The van der Waals surface area contributed by atoms with Crippen LogP contribution in [0.3, 0.4) is 0 Å². The molecule has 1 N–H and O–H groups in total. The third-order valence-corrected chi connectivity index (χ3v) is 7.12. The SMILES string of the molecule is O=C(CSc1nnc(N2CCCCC2)n1C1CC1)Nc1nc(-c2ccc(F)cc2)cs1. The minimum absolute atomic E-state index is 0.130. The highest BCUT2D eigenvalue weighted by Crippen LogP contribution is 2.41. The topological polar surface area (TPSA) is 75.9 Å². The number of halogens is 1. The Morgan fingerprint density at radius 3 is 2.68 bits per heavy atom. The minimum atomic E-state index is -0.285. The summed E-state index contributed by atoms with van der Waals surface area (Å²) in [6.45, 7) is 2.05. The molecule has 2 aliphatic rings. The summed E-state index contributed by atoms with van der Waals surface area (Å²) in [5, 5.41) is 14.9. The molecule has 2 aromatic heterocycles. The fraction of sp³-hybridized carbons (Fsp3) is 0.429. The van der Waals surface area contributed by atoms with Crippen LogP contribution >= 0.6 is 23.1 Å². The first kappa shape index (κ1) is 20.4. The van der Waals surface area contributed by atoms with Gasteiger partial charge in [-0.1, -0.05) is 11.8 Å². The highest BCUT2D eigenvalue weighted by Gasteiger charge is 2.32. The molecule has 1 aliphatic heterocycles. The van der Waals surface area contributed by atoms with Gasteiger partial charge >= 0.3 is 0 Å². The van der Waals surface area contributed by atoms with E-state index in [2.05, 4.69) is 30.0 Å². The van der Waals surface area contributed by atoms with E-state index in [4.69, 9.17) is 0 Å². The van der Waals surface area contributed by atoms with Gasteiger partial charge in [0.1, 0.15) is 5.82 Å². The molecule has 0 radical (unpaired) electrons. The molecule has 10 heteroatoms. The lowest BCUT2D eigenvalue weighted by Crippen LogP contribution is -2.32. The average molecular weight is 459 g/mol. The summed E-state index contributed by atoms with van der Waals surface area (Å²) >= 11 is 2.77. The maximum Gasteiger partial charge on any atom is 0.236 e. The summed E-state index contributed by atoms with van der Waals surface area (Å²) in [5.74, 6) is 0.784. The molecule has 2 fully saturated rings. The van der Waals surface area contributed by atoms with Crippen LogP contribution in [0.4, 0.5) is 15.5 Å². The molecule has 7 nitrogen and oxygen atoms in total. The molecule has 0 unspecified atom stereocenters. The van der Waals surface area contributed by atoms with E-state index >= 15 is 0 Å². The summed E-state index contributed by atoms with van der Waals surface area (Å²) in [6.07, 6.45) is 5.94. The summed E-state index contributed by atoms with van der Waals surface area (Å²) < 4.78 is 15.3. The third-order valence-electron chi connectivity index (χ3n) is 5.42. The summed E-state index contributed by atoms with van der Waals surface area (Å²) in [4.78, 5) is 19.3. The van der Waals surface area contributed by atoms with E-state index in [1.807, 2.05) is 5.38 Å². The molecule has 1 aromatic carbocycles. The Morgan fingerprint density at radius 2 is 1.94 bits per heavy atom. The minimum Gasteiger partial charge on any atom is -0.341 e. The van der Waals surface area contributed by atoms with Crippen LogP contribution in [0.5, 0.6) is 0 Å². The maximum absolute atomic E-state index is 13.1. The molecule has 5 rings (SSSR count). The molecule has 1 saturated carbocycles. The second-order valence-electron chi connectivity index (χ2n) is 7.81. The van der Waals surface area contributed by atoms with Crippen molar-refractivity contribution in [3.8, 4) is 11.3 Å². The Hall–Kier alpha value is -2.46. The Bertz CT molecular complexity index is 1060. The van der Waals surface area contributed by atoms with Gasteiger partial charge in [0, 0.05) is 30.1 Å². The standard InChI is InChI=1S/C21H23FN6OS2/c22-15-6-4-14(5-7-15)17-12-30-19(23-17)24-18(29)13-31-21-26-25-20(28(21)16-8-9-16)27-10-2-1-3-11-27/h4-7,12,16H,1-3,8-11,13H2,(H,23,24,29). The van der Waals surface area contributed by atoms with E-state index in [1.54, 1.807) is 12.1 Å². The molecular weight excluding hydrogens is 435 g/mol. The van der Waals surface area contributed by atoms with Gasteiger partial charge < -0.3 is 10.2 Å². The van der Waals surface area contributed by atoms with Gasteiger partial charge in [-0.05, 0) is 56.4 Å². The second kappa shape index (κ2) is 8.96. The summed E-state index contributed by atoms with van der Waals surface area (Å²) in [6, 6.07) is 6.61. The van der Waals surface area contributed by atoms with Crippen molar-refractivity contribution < 1.29 is 9.18 Å². The Balaban J connectivity index is 1.21. The summed E-state index contributed by atoms with van der Waals surface area (Å²) in [5.41, 5.74) is 1.53. The van der Waals surface area contributed by atoms with Crippen molar-refractivity contribution in [3.05, 3.63) is 35.5 Å². The molecule has 3 aromatic rings. The Kier molecular flexibility index (Phi) is 5.91. The molecule has 0 atom stereocenters. The fourth-order valence-electron chi connectivity index (χ4n) is 3.70. The van der Waals surface area contributed by atoms with E-state index in [0.29, 0.717) is 16.9 Å². The van der Waals surface area contributed by atoms with E-state index in [0.717, 1.165) is 42.6 Å². The van der Waals surface area contributed by atoms with Crippen LogP contribution in [-0.4, -0.2) is 44.5 Å². The zero-order valence-electron chi connectivity index (χ0n) is 17.0. The van der Waals surface area contributed by atoms with Crippen LogP contribution in [0.15, 0.2) is 34.8 Å². The van der Waals surface area contributed by atoms with Crippen molar-refractivity contribution >= 4 is 40.1 Å². The van der Waals surface area contributed by atoms with E-state index < -0.39 is 0 Å². The molecule has 1 aliphatic carbocycles. The lowest BCUT2D eigenvalue weighted by molar-refractivity contribution is -0.113. The van der Waals surface area contributed by atoms with Crippen LogP contribution in [-0.2, 0) is 4.79 Å². The van der Waals surface area contributed by atoms with Gasteiger partial charge in [-0.3, -0.25) is 9.36 Å². The number of amides is 1. The van der Waals surface area contributed by atoms with Crippen LogP contribution in [0.25, 0.3) is 11.3 Å². The number of hydrogen-bond acceptors (Lipinski definition) is 7. The molecule has 0 spiro atoms. The number of nitrogens with one attached hydrogen (secondary N) is 1. The first-order chi connectivity index (χ1) is 15.2. The van der Waals surface area contributed by atoms with Crippen molar-refractivity contribution in [1.82, 2.24) is 19.7 Å². The molecule has 3 heterocycles. The highest BCUT2D eigenvalue weighted by atomic mass is 32.2. The predicted octanol–water partition coefficient (Wildman–Crippen LogP) is 4.60. The zero-order valence-corrected chi connectivity index (χ0v) is 18.6. The number of piperidine rings is 1. The molecule has 31 heavy (non-hydrogen) atoms. The van der Waals surface area contributed by atoms with Crippen molar-refractivity contribution in [1.29, 1.82) is 0 Å². The van der Waals surface area contributed by atoms with Crippen molar-refractivity contribution in [2.24, 2.45) is 0 Å². The van der Waals surface area contributed by atoms with Crippen LogP contribution in [0, 0.1) is 5.82 Å². The number of nitrogens with zero attached hydrogens (tertiary/aromatic N) is 5. The number of benzene rings is 1. The van der Waals surface area contributed by atoms with E-state index in [-0.39, 0.29) is 17.5 Å². The number of aromatic nitrogens is 4. The van der Waals surface area contributed by atoms with Gasteiger partial charge in [-0.2, -0.15) is 0 Å². The van der Waals surface area contributed by atoms with Gasteiger partial charge in [0.15, 0.2) is 10.3 Å². The smallest absolute Gasteiger partial charge is 0.236 e. The second-order valence-corrected chi connectivity index (χ2v) is 9.61. The fourth-order valence-corrected chi connectivity index (χ4v) is 5.24. The van der Waals surface area contributed by atoms with Gasteiger partial charge in [-0.15, -0.1) is 21.5 Å². The van der Waals surface area contributed by atoms with Crippen molar-refractivity contribution in [3.63, 3.8) is 0 Å². The van der Waals surface area contributed by atoms with Crippen molar-refractivity contribution in [2.75, 3.05) is 29.1 Å². The number of rotatable bonds is 7. The van der Waals surface area contributed by atoms with Gasteiger partial charge in [0.05, 0.1) is 11.4 Å². The third kappa shape index (κ3) is 4.74. The number of thiazole rings is 1. The number of thioether (sulfide) groups is 1. The van der Waals surface area contributed by atoms with E-state index in [1.165, 1.54) is 54.5 Å². The first-order valence-corrected chi connectivity index (χ1v) is 12.4. The van der Waals surface area contributed by atoms with Gasteiger partial charge in [-0.25, -0.2) is 9.37 Å². The normalized spacial score (nSPS) is 16.5. The number of hydrogen-bond donors (Lipinski definition) is 1. The average Bonchev–Trinajstić information content (AvgIpc) is 3.37. The van der Waals surface area contributed by atoms with Gasteiger partial charge in [0.25, 0.3) is 0 Å². The number of carbonyl (C=O) groups is 1. The van der Waals surface area contributed by atoms with Crippen LogP contribution in [0.2, 0.25) is 0 Å². The van der Waals surface area contributed by atoms with E-state index in [9.17, 15) is 9.18 Å². The monoisotopic (exact) mass is 458 g/mol. The lowest BCUT2D eigenvalue weighted by atomic mass is 10.1. The zero-order chi connectivity index (χ0) is 21.2. The Morgan fingerprint density at radius 1 is 1.16 bits per heavy atom. The van der Waals surface area contributed by atoms with Crippen LogP contribution < -0.4 is 10.2 Å². The molecule has 1 saturated heterocycles. The highest BCUT2D eigenvalue weighted by molar-refractivity contribution is 7.99.